The van der Waals surface area contributed by atoms with Crippen LogP contribution in [0, 0.1) is 0 Å². The van der Waals surface area contributed by atoms with E-state index < -0.39 is 0 Å². The van der Waals surface area contributed by atoms with Crippen LogP contribution in [0.4, 0.5) is 0 Å². The van der Waals surface area contributed by atoms with Gasteiger partial charge in [0.2, 0.25) is 0 Å². The zero-order valence-corrected chi connectivity index (χ0v) is 20.7. The average molecular weight is 509 g/mol. The van der Waals surface area contributed by atoms with Crippen LogP contribution < -0.4 is 15.0 Å². The molecule has 2 aromatic carbocycles. The minimum absolute atomic E-state index is 0.000201. The van der Waals surface area contributed by atoms with Crippen LogP contribution in [0.5, 0.6) is 11.5 Å². The molecule has 1 saturated heterocycles. The van der Waals surface area contributed by atoms with E-state index in [1.54, 1.807) is 41.0 Å². The van der Waals surface area contributed by atoms with Gasteiger partial charge in [0.25, 0.3) is 11.5 Å². The number of methoxy groups -OCH3 is 2. The van der Waals surface area contributed by atoms with Crippen molar-refractivity contribution in [2.75, 3.05) is 27.3 Å². The van der Waals surface area contributed by atoms with Gasteiger partial charge in [-0.3, -0.25) is 9.59 Å². The molecule has 4 aromatic rings. The molecule has 0 bridgehead atoms. The molecule has 1 aliphatic rings. The molecule has 11 heteroatoms. The second kappa shape index (κ2) is 9.98. The lowest BCUT2D eigenvalue weighted by molar-refractivity contribution is 0.0710. The highest BCUT2D eigenvalue weighted by Gasteiger charge is 2.27. The maximum atomic E-state index is 13.1. The van der Waals surface area contributed by atoms with Gasteiger partial charge in [-0.15, -0.1) is 5.10 Å². The van der Waals surface area contributed by atoms with Crippen LogP contribution >= 0.6 is 11.6 Å². The van der Waals surface area contributed by atoms with E-state index in [2.05, 4.69) is 15.3 Å². The van der Waals surface area contributed by atoms with Crippen molar-refractivity contribution in [3.8, 4) is 11.5 Å². The Morgan fingerprint density at radius 3 is 2.58 bits per heavy atom. The topological polar surface area (TPSA) is 115 Å². The Hall–Kier alpha value is -3.92. The van der Waals surface area contributed by atoms with Crippen molar-refractivity contribution in [3.63, 3.8) is 0 Å². The number of fused-ring (bicyclic) bond motifs is 1. The lowest BCUT2D eigenvalue weighted by Gasteiger charge is -2.31. The van der Waals surface area contributed by atoms with Crippen molar-refractivity contribution < 1.29 is 14.3 Å². The predicted molar refractivity (Wildman–Crippen MR) is 134 cm³/mol. The fourth-order valence-corrected chi connectivity index (χ4v) is 4.67. The van der Waals surface area contributed by atoms with Crippen molar-refractivity contribution in [3.05, 3.63) is 74.8 Å². The van der Waals surface area contributed by atoms with E-state index in [1.165, 1.54) is 7.11 Å². The van der Waals surface area contributed by atoms with Crippen molar-refractivity contribution in [1.29, 1.82) is 0 Å². The molecule has 5 rings (SSSR count). The molecule has 0 unspecified atom stereocenters. The summed E-state index contributed by atoms with van der Waals surface area (Å²) in [5.41, 5.74) is 1.67. The van der Waals surface area contributed by atoms with E-state index >= 15 is 0 Å². The zero-order valence-electron chi connectivity index (χ0n) is 19.9. The predicted octanol–water partition coefficient (Wildman–Crippen LogP) is 3.25. The molecule has 0 radical (unpaired) electrons. The maximum Gasteiger partial charge on any atom is 0.281 e. The number of piperidine rings is 1. The van der Waals surface area contributed by atoms with Gasteiger partial charge in [-0.25, -0.2) is 9.67 Å². The van der Waals surface area contributed by atoms with Gasteiger partial charge in [-0.1, -0.05) is 35.0 Å². The van der Waals surface area contributed by atoms with Gasteiger partial charge in [0, 0.05) is 29.6 Å². The Bertz CT molecular complexity index is 1480. The van der Waals surface area contributed by atoms with E-state index in [1.807, 2.05) is 18.2 Å². The molecule has 10 nitrogen and oxygen atoms in total. The summed E-state index contributed by atoms with van der Waals surface area (Å²) in [6.07, 6.45) is 1.33. The number of aromatic nitrogens is 5. The standard InChI is InChI=1S/C25H25ClN6O4/c1-35-19-8-7-16(13-20(19)36-2)25(34)31-11-9-15(10-12-31)22-27-23-21(24(33)28-22)29-30-32(23)14-17-5-3-4-6-18(17)26/h3-8,13,15H,9-12,14H2,1-2H3,(H,27,28,33). The number of H-pyrrole nitrogens is 1. The number of carbonyl (C=O) groups excluding carboxylic acids is 1. The molecule has 1 fully saturated rings. The van der Waals surface area contributed by atoms with Crippen LogP contribution in [0.3, 0.4) is 0 Å². The first kappa shape index (κ1) is 23.8. The van der Waals surface area contributed by atoms with E-state index in [0.29, 0.717) is 66.0 Å². The van der Waals surface area contributed by atoms with Crippen molar-refractivity contribution in [1.82, 2.24) is 29.9 Å². The summed E-state index contributed by atoms with van der Waals surface area (Å²) in [6.45, 7) is 1.43. The molecule has 2 aromatic heterocycles. The first-order valence-electron chi connectivity index (χ1n) is 11.6. The molecule has 1 N–H and O–H groups in total. The highest BCUT2D eigenvalue weighted by Crippen LogP contribution is 2.30. The van der Waals surface area contributed by atoms with Crippen LogP contribution in [-0.4, -0.2) is 63.1 Å². The smallest absolute Gasteiger partial charge is 0.281 e. The molecule has 186 valence electrons. The van der Waals surface area contributed by atoms with Crippen LogP contribution in [0.2, 0.25) is 5.02 Å². The minimum atomic E-state index is -0.329. The lowest BCUT2D eigenvalue weighted by atomic mass is 9.95. The molecular formula is C25H25ClN6O4. The molecule has 0 atom stereocenters. The van der Waals surface area contributed by atoms with Gasteiger partial charge in [0.05, 0.1) is 20.8 Å². The number of halogens is 1. The molecule has 1 aliphatic heterocycles. The number of hydrogen-bond donors (Lipinski definition) is 1. The number of nitrogens with one attached hydrogen (secondary N) is 1. The van der Waals surface area contributed by atoms with Gasteiger partial charge in [-0.2, -0.15) is 0 Å². The van der Waals surface area contributed by atoms with E-state index in [-0.39, 0.29) is 22.9 Å². The third-order valence-electron chi connectivity index (χ3n) is 6.47. The summed E-state index contributed by atoms with van der Waals surface area (Å²) in [7, 11) is 3.10. The van der Waals surface area contributed by atoms with Crippen LogP contribution in [0.15, 0.2) is 47.3 Å². The number of benzene rings is 2. The summed E-state index contributed by atoms with van der Waals surface area (Å²) in [5, 5.41) is 8.75. The van der Waals surface area contributed by atoms with E-state index in [0.717, 1.165) is 5.56 Å². The summed E-state index contributed by atoms with van der Waals surface area (Å²) in [4.78, 5) is 35.2. The maximum absolute atomic E-state index is 13.1. The number of carbonyl (C=O) groups is 1. The average Bonchev–Trinajstić information content (AvgIpc) is 3.32. The molecule has 36 heavy (non-hydrogen) atoms. The Morgan fingerprint density at radius 2 is 1.86 bits per heavy atom. The monoisotopic (exact) mass is 508 g/mol. The van der Waals surface area contributed by atoms with Gasteiger partial charge in [-0.05, 0) is 42.7 Å². The second-order valence-electron chi connectivity index (χ2n) is 8.60. The molecule has 0 saturated carbocycles. The number of rotatable bonds is 6. The van der Waals surface area contributed by atoms with E-state index in [4.69, 9.17) is 26.1 Å². The van der Waals surface area contributed by atoms with E-state index in [9.17, 15) is 9.59 Å². The quantitative estimate of drug-likeness (QED) is 0.425. The summed E-state index contributed by atoms with van der Waals surface area (Å²) in [6, 6.07) is 12.6. The van der Waals surface area contributed by atoms with Gasteiger partial charge in [0.1, 0.15) is 5.82 Å². The molecule has 3 heterocycles. The highest BCUT2D eigenvalue weighted by atomic mass is 35.5. The zero-order chi connectivity index (χ0) is 25.2. The fourth-order valence-electron chi connectivity index (χ4n) is 4.48. The Labute approximate surface area is 211 Å². The largest absolute Gasteiger partial charge is 0.493 e. The molecule has 0 spiro atoms. The third-order valence-corrected chi connectivity index (χ3v) is 6.84. The van der Waals surface area contributed by atoms with Crippen LogP contribution in [0.25, 0.3) is 11.2 Å². The molecule has 1 amide bonds. The molecular weight excluding hydrogens is 484 g/mol. The first-order chi connectivity index (χ1) is 17.5. The summed E-state index contributed by atoms with van der Waals surface area (Å²) < 4.78 is 12.2. The number of likely N-dealkylation sites (tertiary alicyclic amines) is 1. The third kappa shape index (κ3) is 4.51. The number of hydrogen-bond acceptors (Lipinski definition) is 7. The Balaban J connectivity index is 1.33. The van der Waals surface area contributed by atoms with Gasteiger partial charge in [0.15, 0.2) is 22.7 Å². The second-order valence-corrected chi connectivity index (χ2v) is 9.01. The highest BCUT2D eigenvalue weighted by molar-refractivity contribution is 6.31. The van der Waals surface area contributed by atoms with Gasteiger partial charge >= 0.3 is 0 Å². The van der Waals surface area contributed by atoms with Crippen LogP contribution in [0.1, 0.15) is 40.5 Å². The number of ether oxygens (including phenoxy) is 2. The minimum Gasteiger partial charge on any atom is -0.493 e. The molecule has 0 aliphatic carbocycles. The normalized spacial score (nSPS) is 14.2. The van der Waals surface area contributed by atoms with Crippen molar-refractivity contribution in [2.24, 2.45) is 0 Å². The Morgan fingerprint density at radius 1 is 1.11 bits per heavy atom. The summed E-state index contributed by atoms with van der Waals surface area (Å²) in [5.74, 6) is 1.58. The van der Waals surface area contributed by atoms with Crippen molar-refractivity contribution >= 4 is 28.7 Å². The fraction of sp³-hybridized carbons (Fsp3) is 0.320. The number of nitrogens with zero attached hydrogens (tertiary/aromatic N) is 5. The summed E-state index contributed by atoms with van der Waals surface area (Å²) >= 11 is 6.30. The Kier molecular flexibility index (Phi) is 6.60. The number of amides is 1. The number of aromatic amines is 1. The van der Waals surface area contributed by atoms with Crippen LogP contribution in [-0.2, 0) is 6.54 Å². The lowest BCUT2D eigenvalue weighted by Crippen LogP contribution is -2.38. The first-order valence-corrected chi connectivity index (χ1v) is 11.9. The van der Waals surface area contributed by atoms with Gasteiger partial charge < -0.3 is 19.4 Å². The van der Waals surface area contributed by atoms with Crippen molar-refractivity contribution in [2.45, 2.75) is 25.3 Å². The SMILES string of the molecule is COc1ccc(C(=O)N2CCC(c3nc4c(nnn4Cc4ccccc4Cl)c(=O)[nH]3)CC2)cc1OC.